The minimum absolute atomic E-state index is 0.0938. The number of anilines is 2. The van der Waals surface area contributed by atoms with Crippen LogP contribution in [0.1, 0.15) is 56.8 Å². The SMILES string of the molecule is [2H]/C(=C\C(=O)Cc1c(OC([2H])([2H])C([2H])([2H])[2H])c([2H])c2nc([2H])c(C#N)c(Nc3c([2H])c([2H])c(OCc4nc(C)c([2H])c([2H])c4[2H])c(Cl)c3[2H])c2c1[2H])C([2H])([2H])N(C)C([2H])([2H])[2H]. The van der Waals surface area contributed by atoms with Crippen LogP contribution >= 0.6 is 11.6 Å². The van der Waals surface area contributed by atoms with Gasteiger partial charge < -0.3 is 19.7 Å². The molecule has 0 saturated heterocycles. The molecule has 0 bridgehead atoms. The highest BCUT2D eigenvalue weighted by Gasteiger charge is 2.16. The van der Waals surface area contributed by atoms with Gasteiger partial charge in [-0.1, -0.05) is 23.7 Å². The molecule has 0 aliphatic carbocycles. The molecule has 0 aliphatic rings. The first kappa shape index (κ1) is 13.0. The van der Waals surface area contributed by atoms with Crippen LogP contribution in [0.4, 0.5) is 11.4 Å². The first-order valence-corrected chi connectivity index (χ1v) is 11.8. The molecule has 0 unspecified atom stereocenters. The number of carbonyl (C=O) groups is 1. The fraction of sp³-hybridized carbons (Fsp3) is 0.250. The molecule has 4 rings (SSSR count). The van der Waals surface area contributed by atoms with Crippen molar-refractivity contribution < 1.29 is 41.7 Å². The Kier molecular flexibility index (Phi) is 4.37. The first-order valence-electron chi connectivity index (χ1n) is 21.4. The molecule has 2 heterocycles. The second-order valence-electron chi connectivity index (χ2n) is 8.00. The van der Waals surface area contributed by atoms with Crippen molar-refractivity contribution in [3.8, 4) is 17.6 Å². The summed E-state index contributed by atoms with van der Waals surface area (Å²) in [6.45, 7) is -12.5. The number of ether oxygens (including phenoxy) is 2. The molecule has 2 aromatic carbocycles. The number of hydrogen-bond donors (Lipinski definition) is 1. The van der Waals surface area contributed by atoms with Crippen LogP contribution in [-0.2, 0) is 17.8 Å². The van der Waals surface area contributed by atoms with E-state index >= 15 is 0 Å². The predicted octanol–water partition coefficient (Wildman–Crippen LogP) is 6.41. The van der Waals surface area contributed by atoms with E-state index in [1.807, 2.05) is 0 Å². The zero-order valence-electron chi connectivity index (χ0n) is 41.4. The number of pyridine rings is 2. The van der Waals surface area contributed by atoms with E-state index in [0.29, 0.717) is 6.08 Å². The highest BCUT2D eigenvalue weighted by Crippen LogP contribution is 2.36. The number of ketones is 1. The molecule has 1 N–H and O–H groups in total. The molecule has 0 radical (unpaired) electrons. The lowest BCUT2D eigenvalue weighted by molar-refractivity contribution is -0.114. The lowest BCUT2D eigenvalue weighted by Crippen LogP contribution is -2.11. The minimum atomic E-state index is -3.62. The number of fused-ring (bicyclic) bond motifs is 1. The van der Waals surface area contributed by atoms with Gasteiger partial charge in [-0.2, -0.15) is 5.26 Å². The Morgan fingerprint density at radius 2 is 2.17 bits per heavy atom. The highest BCUT2D eigenvalue weighted by atomic mass is 35.5. The van der Waals surface area contributed by atoms with E-state index in [0.717, 1.165) is 7.05 Å². The fourth-order valence-corrected chi connectivity index (χ4v) is 3.49. The van der Waals surface area contributed by atoms with Crippen molar-refractivity contribution in [3.05, 3.63) is 94.2 Å². The molecular weight excluding hydrogens is 538 g/mol. The molecule has 41 heavy (non-hydrogen) atoms. The number of rotatable bonds is 12. The molecule has 8 nitrogen and oxygen atoms in total. The number of hydrogen-bond acceptors (Lipinski definition) is 8. The monoisotopic (exact) mass is 589 g/mol. The summed E-state index contributed by atoms with van der Waals surface area (Å²) in [4.78, 5) is 21.5. The first-order chi connectivity index (χ1) is 27.8. The van der Waals surface area contributed by atoms with Gasteiger partial charge in [-0.25, -0.2) is 0 Å². The molecular formula is C32H32ClN5O3. The van der Waals surface area contributed by atoms with Crippen LogP contribution in [-0.4, -0.2) is 47.7 Å². The number of nitriles is 1. The number of aromatic nitrogens is 2. The molecule has 9 heteroatoms. The van der Waals surface area contributed by atoms with E-state index in [-0.39, 0.29) is 22.3 Å². The van der Waals surface area contributed by atoms with Crippen molar-refractivity contribution in [3.63, 3.8) is 0 Å². The van der Waals surface area contributed by atoms with E-state index < -0.39 is 150 Å². The summed E-state index contributed by atoms with van der Waals surface area (Å²) >= 11 is 6.45. The molecule has 0 amide bonds. The third kappa shape index (κ3) is 7.82. The maximum Gasteiger partial charge on any atom is 0.159 e. The summed E-state index contributed by atoms with van der Waals surface area (Å²) in [5.41, 5.74) is -3.53. The van der Waals surface area contributed by atoms with Gasteiger partial charge in [0.25, 0.3) is 0 Å². The normalized spacial score (nSPS) is 19.7. The molecule has 0 saturated carbocycles. The van der Waals surface area contributed by atoms with Gasteiger partial charge in [0.05, 0.1) is 50.5 Å². The molecule has 4 aromatic rings. The summed E-state index contributed by atoms with van der Waals surface area (Å²) in [5.74, 6) is -2.89. The number of benzene rings is 2. The van der Waals surface area contributed by atoms with Crippen molar-refractivity contribution >= 4 is 39.7 Å². The van der Waals surface area contributed by atoms with E-state index in [2.05, 4.69) is 15.3 Å². The van der Waals surface area contributed by atoms with E-state index in [1.54, 1.807) is 6.07 Å². The molecule has 210 valence electrons. The number of nitrogens with zero attached hydrogens (tertiary/aromatic N) is 4. The molecule has 2 aromatic heterocycles. The van der Waals surface area contributed by atoms with Gasteiger partial charge >= 0.3 is 0 Å². The molecule has 0 aliphatic heterocycles. The predicted molar refractivity (Wildman–Crippen MR) is 162 cm³/mol. The van der Waals surface area contributed by atoms with Gasteiger partial charge in [0.2, 0.25) is 0 Å². The zero-order chi connectivity index (χ0) is 46.6. The number of nitrogens with one attached hydrogen (secondary N) is 1. The third-order valence-electron chi connectivity index (χ3n) is 4.97. The molecule has 0 spiro atoms. The highest BCUT2D eigenvalue weighted by molar-refractivity contribution is 6.32. The molecule has 0 atom stereocenters. The average molecular weight is 590 g/mol. The number of halogens is 1. The summed E-state index contributed by atoms with van der Waals surface area (Å²) in [7, 11) is 0.817. The summed E-state index contributed by atoms with van der Waals surface area (Å²) in [5, 5.41) is 11.5. The van der Waals surface area contributed by atoms with E-state index in [1.165, 1.54) is 6.92 Å². The van der Waals surface area contributed by atoms with Crippen LogP contribution in [0.2, 0.25) is 5.02 Å². The second-order valence-corrected chi connectivity index (χ2v) is 8.38. The number of aryl methyl sites for hydroxylation is 1. The third-order valence-corrected chi connectivity index (χ3v) is 5.24. The Hall–Kier alpha value is -4.45. The van der Waals surface area contributed by atoms with Crippen LogP contribution in [0.5, 0.6) is 11.5 Å². The number of allylic oxidation sites excluding steroid dienone is 1. The van der Waals surface area contributed by atoms with Gasteiger partial charge in [0.1, 0.15) is 24.2 Å². The summed E-state index contributed by atoms with van der Waals surface area (Å²) in [6.07, 6.45) is -1.73. The van der Waals surface area contributed by atoms with Crippen molar-refractivity contribution in [1.82, 2.24) is 14.9 Å². The van der Waals surface area contributed by atoms with E-state index in [4.69, 9.17) is 47.1 Å². The molecule has 0 fully saturated rings. The van der Waals surface area contributed by atoms with Gasteiger partial charge in [-0.15, -0.1) is 0 Å². The minimum Gasteiger partial charge on any atom is -0.494 e. The van der Waals surface area contributed by atoms with Crippen LogP contribution in [0.15, 0.2) is 66.6 Å². The van der Waals surface area contributed by atoms with Crippen molar-refractivity contribution in [2.45, 2.75) is 26.8 Å². The quantitative estimate of drug-likeness (QED) is 0.189. The van der Waals surface area contributed by atoms with Crippen LogP contribution < -0.4 is 14.8 Å². The maximum absolute atomic E-state index is 13.4. The smallest absolute Gasteiger partial charge is 0.159 e. The van der Waals surface area contributed by atoms with Gasteiger partial charge in [0, 0.05) is 58.4 Å². The van der Waals surface area contributed by atoms with Crippen LogP contribution in [0.25, 0.3) is 10.9 Å². The lowest BCUT2D eigenvalue weighted by Gasteiger charge is -2.16. The number of likely N-dealkylation sites (N-methyl/N-ethyl adjacent to an activating group) is 1. The van der Waals surface area contributed by atoms with Crippen molar-refractivity contribution in [2.75, 3.05) is 32.4 Å². The van der Waals surface area contributed by atoms with Gasteiger partial charge in [0.15, 0.2) is 5.78 Å². The average Bonchev–Trinajstić information content (AvgIpc) is 3.15. The second kappa shape index (κ2) is 13.8. The van der Waals surface area contributed by atoms with E-state index in [9.17, 15) is 11.4 Å². The fourth-order valence-electron chi connectivity index (χ4n) is 3.29. The zero-order valence-corrected chi connectivity index (χ0v) is 22.1. The number of carbonyl (C=O) groups excluding carboxylic acids is 1. The van der Waals surface area contributed by atoms with Crippen molar-refractivity contribution in [2.24, 2.45) is 0 Å². The van der Waals surface area contributed by atoms with Crippen LogP contribution in [0.3, 0.4) is 0 Å². The Morgan fingerprint density at radius 3 is 2.98 bits per heavy atom. The van der Waals surface area contributed by atoms with Gasteiger partial charge in [-0.3, -0.25) is 14.8 Å². The van der Waals surface area contributed by atoms with Crippen LogP contribution in [0, 0.1) is 18.3 Å². The Bertz CT molecular complexity index is 2510. The maximum atomic E-state index is 13.4. The Labute approximate surface area is 273 Å². The van der Waals surface area contributed by atoms with Crippen molar-refractivity contribution in [1.29, 1.82) is 5.26 Å². The topological polar surface area (TPSA) is 100 Å². The summed E-state index contributed by atoms with van der Waals surface area (Å²) in [6, 6.07) is -5.10. The van der Waals surface area contributed by atoms with Gasteiger partial charge in [-0.05, 0) is 70.1 Å². The lowest BCUT2D eigenvalue weighted by atomic mass is 10.0. The standard InChI is InChI=1S/C32H32ClN5O3/c1-5-40-31-17-29-27(15-22(31)14-26(39)10-7-13-38(3)4)32(23(18-34)19-35-29)37-24-11-12-30(28(33)16-24)41-20-25-9-6-8-21(2)36-25/h6-12,15-17,19H,5,13-14,20H2,1-4H3,(H,35,37)/b10-7+/i1D3,3D3,5D2,6D,7D,8D,9D,11D,12D,13D2,15D,16D,17D,19D. The Balaban J connectivity index is 1.98. The summed E-state index contributed by atoms with van der Waals surface area (Å²) < 4.78 is 173. The largest absolute Gasteiger partial charge is 0.494 e. The Morgan fingerprint density at radius 1 is 1.29 bits per heavy atom.